The Hall–Kier alpha value is -4.49. The first kappa shape index (κ1) is 28.1. The first-order chi connectivity index (χ1) is 20.1. The minimum atomic E-state index is -1.07. The molecule has 1 aliphatic rings. The van der Waals surface area contributed by atoms with Crippen molar-refractivity contribution >= 4 is 5.97 Å². The van der Waals surface area contributed by atoms with Gasteiger partial charge in [-0.15, -0.1) is 0 Å². The maximum absolute atomic E-state index is 12.8. The fraction of sp³-hybridized carbons (Fsp3) is 0.265. The quantitative estimate of drug-likeness (QED) is 0.218. The highest BCUT2D eigenvalue weighted by Crippen LogP contribution is 2.40. The highest BCUT2D eigenvalue weighted by molar-refractivity contribution is 5.76. The Kier molecular flexibility index (Phi) is 9.06. The monoisotopic (exact) mass is 554 g/mol. The van der Waals surface area contributed by atoms with Crippen LogP contribution in [0.1, 0.15) is 28.4 Å². The first-order valence-electron chi connectivity index (χ1n) is 13.6. The molecule has 1 saturated heterocycles. The van der Waals surface area contributed by atoms with Crippen LogP contribution in [0.3, 0.4) is 0 Å². The van der Waals surface area contributed by atoms with Gasteiger partial charge in [0.15, 0.2) is 23.0 Å². The van der Waals surface area contributed by atoms with Gasteiger partial charge in [-0.2, -0.15) is 0 Å². The number of esters is 1. The Morgan fingerprint density at radius 2 is 1.29 bits per heavy atom. The summed E-state index contributed by atoms with van der Waals surface area (Å²) in [4.78, 5) is 12.8. The summed E-state index contributed by atoms with van der Waals surface area (Å²) in [5.41, 5.74) is 3.61. The van der Waals surface area contributed by atoms with Gasteiger partial charge in [-0.05, 0) is 52.9 Å². The first-order valence-corrected chi connectivity index (χ1v) is 13.6. The lowest BCUT2D eigenvalue weighted by molar-refractivity contribution is -0.144. The molecule has 0 bridgehead atoms. The largest absolute Gasteiger partial charge is 0.493 e. The highest BCUT2D eigenvalue weighted by Gasteiger charge is 2.42. The van der Waals surface area contributed by atoms with E-state index in [2.05, 4.69) is 0 Å². The molecule has 7 heteroatoms. The van der Waals surface area contributed by atoms with Crippen LogP contribution in [-0.2, 0) is 29.2 Å². The molecular weight excluding hydrogens is 520 g/mol. The molecule has 4 aromatic carbocycles. The number of cyclic esters (lactones) is 1. The highest BCUT2D eigenvalue weighted by atomic mass is 16.5. The maximum Gasteiger partial charge on any atom is 0.312 e. The standard InChI is InChI=1S/C34H34O7/c1-37-30-18-25(13-15-28(30)39-20-23-9-5-3-6-10-23)17-27-22-41-34(36)32(27)33(35)26-14-16-29(31(19-26)38-2)40-21-24-11-7-4-8-12-24/h3-16,18-19,27,32-33,35H,17,20-22H2,1-2H3/t27-,32-,33+/m0/s1. The Morgan fingerprint density at radius 1 is 0.732 bits per heavy atom. The number of carbonyl (C=O) groups is 1. The summed E-state index contributed by atoms with van der Waals surface area (Å²) in [6, 6.07) is 30.7. The van der Waals surface area contributed by atoms with Gasteiger partial charge in [0.2, 0.25) is 0 Å². The van der Waals surface area contributed by atoms with Gasteiger partial charge in [0.1, 0.15) is 13.2 Å². The average molecular weight is 555 g/mol. The van der Waals surface area contributed by atoms with E-state index in [1.165, 1.54) is 0 Å². The topological polar surface area (TPSA) is 83.5 Å². The number of benzene rings is 4. The molecule has 41 heavy (non-hydrogen) atoms. The van der Waals surface area contributed by atoms with Crippen molar-refractivity contribution in [1.82, 2.24) is 0 Å². The molecule has 0 aromatic heterocycles. The van der Waals surface area contributed by atoms with E-state index in [1.54, 1.807) is 32.4 Å². The molecule has 5 rings (SSSR count). The molecule has 1 N–H and O–H groups in total. The molecule has 0 amide bonds. The van der Waals surface area contributed by atoms with Crippen LogP contribution in [0.5, 0.6) is 23.0 Å². The zero-order chi connectivity index (χ0) is 28.6. The number of ether oxygens (including phenoxy) is 5. The lowest BCUT2D eigenvalue weighted by Crippen LogP contribution is -2.25. The average Bonchev–Trinajstić information content (AvgIpc) is 3.39. The zero-order valence-electron chi connectivity index (χ0n) is 23.2. The van der Waals surface area contributed by atoms with Crippen molar-refractivity contribution in [3.05, 3.63) is 119 Å². The SMILES string of the molecule is COc1cc(C[C@H]2COC(=O)[C@@H]2[C@H](O)c2ccc(OCc3ccccc3)c(OC)c2)ccc1OCc1ccccc1. The van der Waals surface area contributed by atoms with E-state index < -0.39 is 18.0 Å². The third kappa shape index (κ3) is 6.81. The van der Waals surface area contributed by atoms with Crippen molar-refractivity contribution in [2.24, 2.45) is 11.8 Å². The lowest BCUT2D eigenvalue weighted by Gasteiger charge is -2.22. The molecule has 0 aliphatic carbocycles. The van der Waals surface area contributed by atoms with Gasteiger partial charge in [0, 0.05) is 5.92 Å². The number of aliphatic hydroxyl groups excluding tert-OH is 1. The van der Waals surface area contributed by atoms with Crippen LogP contribution in [0, 0.1) is 11.8 Å². The fourth-order valence-corrected chi connectivity index (χ4v) is 5.08. The number of rotatable bonds is 12. The van der Waals surface area contributed by atoms with E-state index in [4.69, 9.17) is 23.7 Å². The summed E-state index contributed by atoms with van der Waals surface area (Å²) in [6.07, 6.45) is -0.541. The Balaban J connectivity index is 1.27. The third-order valence-electron chi connectivity index (χ3n) is 7.29. The van der Waals surface area contributed by atoms with Gasteiger partial charge < -0.3 is 28.8 Å². The molecule has 0 unspecified atom stereocenters. The molecule has 7 nitrogen and oxygen atoms in total. The van der Waals surface area contributed by atoms with Gasteiger partial charge in [-0.25, -0.2) is 0 Å². The number of hydrogen-bond donors (Lipinski definition) is 1. The molecule has 4 aromatic rings. The second-order valence-electron chi connectivity index (χ2n) is 10.0. The van der Waals surface area contributed by atoms with Crippen molar-refractivity contribution in [3.8, 4) is 23.0 Å². The van der Waals surface area contributed by atoms with E-state index in [0.29, 0.717) is 48.2 Å². The minimum Gasteiger partial charge on any atom is -0.493 e. The predicted octanol–water partition coefficient (Wildman–Crippen LogP) is 5.93. The summed E-state index contributed by atoms with van der Waals surface area (Å²) in [5.74, 6) is 0.916. The van der Waals surface area contributed by atoms with Crippen molar-refractivity contribution < 1.29 is 33.6 Å². The van der Waals surface area contributed by atoms with Crippen molar-refractivity contribution in [1.29, 1.82) is 0 Å². The Morgan fingerprint density at radius 3 is 1.88 bits per heavy atom. The van der Waals surface area contributed by atoms with Gasteiger partial charge in [0.05, 0.1) is 32.8 Å². The summed E-state index contributed by atoms with van der Waals surface area (Å²) in [7, 11) is 3.15. The van der Waals surface area contributed by atoms with E-state index in [1.807, 2.05) is 78.9 Å². The van der Waals surface area contributed by atoms with Crippen LogP contribution < -0.4 is 18.9 Å². The lowest BCUT2D eigenvalue weighted by atomic mass is 9.83. The molecular formula is C34H34O7. The predicted molar refractivity (Wildman–Crippen MR) is 154 cm³/mol. The molecule has 212 valence electrons. The minimum absolute atomic E-state index is 0.224. The van der Waals surface area contributed by atoms with Gasteiger partial charge in [0.25, 0.3) is 0 Å². The zero-order valence-corrected chi connectivity index (χ0v) is 23.2. The number of methoxy groups -OCH3 is 2. The second kappa shape index (κ2) is 13.2. The summed E-state index contributed by atoms with van der Waals surface area (Å²) >= 11 is 0. The van der Waals surface area contributed by atoms with Crippen molar-refractivity contribution in [2.45, 2.75) is 25.7 Å². The van der Waals surface area contributed by atoms with Gasteiger partial charge >= 0.3 is 5.97 Å². The fourth-order valence-electron chi connectivity index (χ4n) is 5.08. The summed E-state index contributed by atoms with van der Waals surface area (Å²) in [6.45, 7) is 1.04. The summed E-state index contributed by atoms with van der Waals surface area (Å²) < 4.78 is 28.5. The van der Waals surface area contributed by atoms with Crippen LogP contribution >= 0.6 is 0 Å². The third-order valence-corrected chi connectivity index (χ3v) is 7.29. The van der Waals surface area contributed by atoms with Crippen molar-refractivity contribution in [2.75, 3.05) is 20.8 Å². The normalized spacial score (nSPS) is 17.0. The molecule has 1 fully saturated rings. The molecule has 0 saturated carbocycles. The van der Waals surface area contributed by atoms with Crippen LogP contribution in [-0.4, -0.2) is 31.9 Å². The van der Waals surface area contributed by atoms with E-state index in [-0.39, 0.29) is 12.5 Å². The molecule has 3 atom stereocenters. The molecule has 0 spiro atoms. The van der Waals surface area contributed by atoms with Gasteiger partial charge in [-0.3, -0.25) is 4.79 Å². The van der Waals surface area contributed by atoms with Crippen LogP contribution in [0.4, 0.5) is 0 Å². The van der Waals surface area contributed by atoms with Crippen LogP contribution in [0.2, 0.25) is 0 Å². The second-order valence-corrected chi connectivity index (χ2v) is 10.0. The van der Waals surface area contributed by atoms with E-state index in [9.17, 15) is 9.90 Å². The van der Waals surface area contributed by atoms with Crippen LogP contribution in [0.25, 0.3) is 0 Å². The Labute approximate surface area is 240 Å². The molecule has 1 aliphatic heterocycles. The maximum atomic E-state index is 12.8. The van der Waals surface area contributed by atoms with E-state index in [0.717, 1.165) is 16.7 Å². The smallest absolute Gasteiger partial charge is 0.312 e. The van der Waals surface area contributed by atoms with Crippen molar-refractivity contribution in [3.63, 3.8) is 0 Å². The molecule has 0 radical (unpaired) electrons. The molecule has 1 heterocycles. The van der Waals surface area contributed by atoms with E-state index >= 15 is 0 Å². The number of aliphatic hydroxyl groups is 1. The van der Waals surface area contributed by atoms with Crippen LogP contribution in [0.15, 0.2) is 97.1 Å². The Bertz CT molecular complexity index is 1440. The van der Waals surface area contributed by atoms with Gasteiger partial charge in [-0.1, -0.05) is 72.8 Å². The summed E-state index contributed by atoms with van der Waals surface area (Å²) in [5, 5.41) is 11.3. The number of carbonyl (C=O) groups excluding carboxylic acids is 1. The number of hydrogen-bond acceptors (Lipinski definition) is 7.